The third kappa shape index (κ3) is 3.91. The lowest BCUT2D eigenvalue weighted by atomic mass is 9.92. The molecular weight excluding hydrogens is 220 g/mol. The van der Waals surface area contributed by atoms with Gasteiger partial charge in [0.25, 0.3) is 0 Å². The van der Waals surface area contributed by atoms with Gasteiger partial charge in [-0.2, -0.15) is 0 Å². The van der Waals surface area contributed by atoms with E-state index in [-0.39, 0.29) is 6.03 Å². The highest BCUT2D eigenvalue weighted by Crippen LogP contribution is 2.20. The highest BCUT2D eigenvalue weighted by molar-refractivity contribution is 5.83. The number of ether oxygens (including phenoxy) is 1. The number of esters is 1. The Balaban J connectivity index is 2.49. The molecule has 0 saturated carbocycles. The molecule has 1 rings (SSSR count). The standard InChI is InChI=1S/C12H22N2O3/c1-8-5-9(2)7-14(6-8)12(16)13-10(3)11(15)17-4/h8-10H,5-7H2,1-4H3,(H,13,16). The van der Waals surface area contributed by atoms with Crippen molar-refractivity contribution in [1.82, 2.24) is 10.2 Å². The maximum atomic E-state index is 11.9. The van der Waals surface area contributed by atoms with Gasteiger partial charge < -0.3 is 15.0 Å². The Hall–Kier alpha value is -1.26. The zero-order valence-electron chi connectivity index (χ0n) is 11.0. The average Bonchev–Trinajstić information content (AvgIpc) is 2.26. The molecule has 0 spiro atoms. The maximum Gasteiger partial charge on any atom is 0.328 e. The van der Waals surface area contributed by atoms with E-state index in [2.05, 4.69) is 23.9 Å². The molecule has 1 N–H and O–H groups in total. The predicted octanol–water partition coefficient (Wildman–Crippen LogP) is 1.24. The number of piperidine rings is 1. The first-order valence-electron chi connectivity index (χ1n) is 6.07. The molecule has 0 radical (unpaired) electrons. The lowest BCUT2D eigenvalue weighted by molar-refractivity contribution is -0.142. The fourth-order valence-electron chi connectivity index (χ4n) is 2.34. The van der Waals surface area contributed by atoms with Crippen LogP contribution in [0.5, 0.6) is 0 Å². The first-order chi connectivity index (χ1) is 7.93. The SMILES string of the molecule is COC(=O)C(C)NC(=O)N1CC(C)CC(C)C1. The van der Waals surface area contributed by atoms with Gasteiger partial charge in [-0.15, -0.1) is 0 Å². The Bertz CT molecular complexity index is 283. The molecule has 1 aliphatic rings. The van der Waals surface area contributed by atoms with Crippen LogP contribution in [0.2, 0.25) is 0 Å². The van der Waals surface area contributed by atoms with Gasteiger partial charge in [-0.3, -0.25) is 0 Å². The summed E-state index contributed by atoms with van der Waals surface area (Å²) in [5.41, 5.74) is 0. The lowest BCUT2D eigenvalue weighted by Crippen LogP contribution is -2.51. The van der Waals surface area contributed by atoms with Gasteiger partial charge in [0, 0.05) is 13.1 Å². The zero-order chi connectivity index (χ0) is 13.0. The van der Waals surface area contributed by atoms with Crippen LogP contribution in [0, 0.1) is 11.8 Å². The molecule has 0 aromatic heterocycles. The first kappa shape index (κ1) is 13.8. The Morgan fingerprint density at radius 1 is 1.29 bits per heavy atom. The second-order valence-electron chi connectivity index (χ2n) is 5.05. The van der Waals surface area contributed by atoms with E-state index in [1.54, 1.807) is 11.8 Å². The Morgan fingerprint density at radius 3 is 2.29 bits per heavy atom. The molecule has 1 aliphatic heterocycles. The smallest absolute Gasteiger partial charge is 0.328 e. The summed E-state index contributed by atoms with van der Waals surface area (Å²) in [6.45, 7) is 7.41. The number of amides is 2. The molecule has 98 valence electrons. The van der Waals surface area contributed by atoms with Gasteiger partial charge in [-0.1, -0.05) is 13.8 Å². The summed E-state index contributed by atoms with van der Waals surface area (Å²) in [6, 6.07) is -0.777. The second kappa shape index (κ2) is 5.89. The van der Waals surface area contributed by atoms with Crippen LogP contribution >= 0.6 is 0 Å². The van der Waals surface area contributed by atoms with Gasteiger partial charge in [0.2, 0.25) is 0 Å². The third-order valence-corrected chi connectivity index (χ3v) is 3.05. The highest BCUT2D eigenvalue weighted by Gasteiger charge is 2.27. The van der Waals surface area contributed by atoms with E-state index in [1.807, 2.05) is 0 Å². The first-order valence-corrected chi connectivity index (χ1v) is 6.07. The third-order valence-electron chi connectivity index (χ3n) is 3.05. The van der Waals surface area contributed by atoms with Crippen LogP contribution in [0.4, 0.5) is 4.79 Å². The molecule has 1 fully saturated rings. The van der Waals surface area contributed by atoms with Gasteiger partial charge in [0.15, 0.2) is 0 Å². The summed E-state index contributed by atoms with van der Waals surface area (Å²) in [6.07, 6.45) is 1.15. The Morgan fingerprint density at radius 2 is 1.82 bits per heavy atom. The van der Waals surface area contributed by atoms with Crippen molar-refractivity contribution in [2.24, 2.45) is 11.8 Å². The quantitative estimate of drug-likeness (QED) is 0.741. The summed E-state index contributed by atoms with van der Waals surface area (Å²) in [5.74, 6) is 0.604. The summed E-state index contributed by atoms with van der Waals surface area (Å²) in [5, 5.41) is 2.65. The van der Waals surface area contributed by atoms with Crippen molar-refractivity contribution in [2.45, 2.75) is 33.2 Å². The molecule has 3 atom stereocenters. The van der Waals surface area contributed by atoms with Crippen molar-refractivity contribution in [3.05, 3.63) is 0 Å². The maximum absolute atomic E-state index is 11.9. The van der Waals surface area contributed by atoms with E-state index >= 15 is 0 Å². The topological polar surface area (TPSA) is 58.6 Å². The number of hydrogen-bond donors (Lipinski definition) is 1. The number of rotatable bonds is 2. The van der Waals surface area contributed by atoms with Crippen LogP contribution in [-0.2, 0) is 9.53 Å². The monoisotopic (exact) mass is 242 g/mol. The van der Waals surface area contributed by atoms with E-state index in [4.69, 9.17) is 0 Å². The number of hydrogen-bond acceptors (Lipinski definition) is 3. The highest BCUT2D eigenvalue weighted by atomic mass is 16.5. The normalized spacial score (nSPS) is 26.2. The average molecular weight is 242 g/mol. The van der Waals surface area contributed by atoms with Gasteiger partial charge in [-0.05, 0) is 25.2 Å². The number of carbonyl (C=O) groups excluding carboxylic acids is 2. The van der Waals surface area contributed by atoms with Gasteiger partial charge in [0.05, 0.1) is 7.11 Å². The van der Waals surface area contributed by atoms with E-state index in [0.29, 0.717) is 11.8 Å². The number of urea groups is 1. The molecule has 1 saturated heterocycles. The van der Waals surface area contributed by atoms with Gasteiger partial charge in [0.1, 0.15) is 6.04 Å². The van der Waals surface area contributed by atoms with Crippen molar-refractivity contribution in [3.63, 3.8) is 0 Å². The molecule has 1 heterocycles. The van der Waals surface area contributed by atoms with Crippen LogP contribution in [0.25, 0.3) is 0 Å². The van der Waals surface area contributed by atoms with Crippen molar-refractivity contribution < 1.29 is 14.3 Å². The lowest BCUT2D eigenvalue weighted by Gasteiger charge is -2.35. The number of likely N-dealkylation sites (tertiary alicyclic amines) is 1. The molecule has 0 aromatic rings. The minimum absolute atomic E-state index is 0.179. The van der Waals surface area contributed by atoms with Crippen molar-refractivity contribution in [2.75, 3.05) is 20.2 Å². The van der Waals surface area contributed by atoms with E-state index < -0.39 is 12.0 Å². The number of nitrogens with one attached hydrogen (secondary N) is 1. The molecule has 0 bridgehead atoms. The summed E-state index contributed by atoms with van der Waals surface area (Å²) < 4.78 is 4.57. The van der Waals surface area contributed by atoms with E-state index in [0.717, 1.165) is 19.5 Å². The van der Waals surface area contributed by atoms with Crippen LogP contribution in [0.15, 0.2) is 0 Å². The fourth-order valence-corrected chi connectivity index (χ4v) is 2.34. The summed E-state index contributed by atoms with van der Waals surface area (Å²) >= 11 is 0. The number of carbonyl (C=O) groups is 2. The molecule has 17 heavy (non-hydrogen) atoms. The van der Waals surface area contributed by atoms with Crippen LogP contribution in [0.1, 0.15) is 27.2 Å². The molecular formula is C12H22N2O3. The summed E-state index contributed by atoms with van der Waals surface area (Å²) in [7, 11) is 1.32. The zero-order valence-corrected chi connectivity index (χ0v) is 11.0. The molecule has 3 unspecified atom stereocenters. The van der Waals surface area contributed by atoms with Gasteiger partial charge >= 0.3 is 12.0 Å². The minimum atomic E-state index is -0.597. The van der Waals surface area contributed by atoms with Gasteiger partial charge in [-0.25, -0.2) is 9.59 Å². The second-order valence-corrected chi connectivity index (χ2v) is 5.05. The molecule has 5 heteroatoms. The molecule has 2 amide bonds. The Labute approximate surface area is 102 Å². The van der Waals surface area contributed by atoms with E-state index in [1.165, 1.54) is 7.11 Å². The van der Waals surface area contributed by atoms with E-state index in [9.17, 15) is 9.59 Å². The van der Waals surface area contributed by atoms with Crippen molar-refractivity contribution >= 4 is 12.0 Å². The fraction of sp³-hybridized carbons (Fsp3) is 0.833. The van der Waals surface area contributed by atoms with Crippen LogP contribution < -0.4 is 5.32 Å². The van der Waals surface area contributed by atoms with Crippen molar-refractivity contribution in [1.29, 1.82) is 0 Å². The minimum Gasteiger partial charge on any atom is -0.467 e. The Kier molecular flexibility index (Phi) is 4.78. The van der Waals surface area contributed by atoms with Crippen LogP contribution in [0.3, 0.4) is 0 Å². The largest absolute Gasteiger partial charge is 0.467 e. The molecule has 0 aromatic carbocycles. The molecule has 0 aliphatic carbocycles. The molecule has 5 nitrogen and oxygen atoms in total. The summed E-state index contributed by atoms with van der Waals surface area (Å²) in [4.78, 5) is 24.9. The van der Waals surface area contributed by atoms with Crippen LogP contribution in [-0.4, -0.2) is 43.1 Å². The number of nitrogens with zero attached hydrogens (tertiary/aromatic N) is 1. The van der Waals surface area contributed by atoms with Crippen molar-refractivity contribution in [3.8, 4) is 0 Å². The predicted molar refractivity (Wildman–Crippen MR) is 64.5 cm³/mol. The number of methoxy groups -OCH3 is 1.